The zero-order valence-corrected chi connectivity index (χ0v) is 19.5. The van der Waals surface area contributed by atoms with Gasteiger partial charge in [0, 0.05) is 17.2 Å². The van der Waals surface area contributed by atoms with Gasteiger partial charge < -0.3 is 15.4 Å². The lowest BCUT2D eigenvalue weighted by molar-refractivity contribution is -0.134. The van der Waals surface area contributed by atoms with Gasteiger partial charge in [0.1, 0.15) is 17.8 Å². The Labute approximate surface area is 192 Å². The molecule has 1 atom stereocenters. The average molecular weight is 456 g/mol. The summed E-state index contributed by atoms with van der Waals surface area (Å²) in [7, 11) is 1.61. The number of hydrogen-bond acceptors (Lipinski definition) is 5. The van der Waals surface area contributed by atoms with Gasteiger partial charge in [0.05, 0.1) is 7.11 Å². The molecule has 7 nitrogen and oxygen atoms in total. The molecule has 0 aromatic heterocycles. The molecule has 0 spiro atoms. The van der Waals surface area contributed by atoms with E-state index in [1.165, 1.54) is 5.56 Å². The minimum absolute atomic E-state index is 0.280. The van der Waals surface area contributed by atoms with Gasteiger partial charge in [-0.2, -0.15) is 0 Å². The first-order valence-electron chi connectivity index (χ1n) is 10.5. The second kappa shape index (κ2) is 10.5. The summed E-state index contributed by atoms with van der Waals surface area (Å²) < 4.78 is 5.15. The maximum atomic E-state index is 12.9. The van der Waals surface area contributed by atoms with Gasteiger partial charge in [0.2, 0.25) is 5.91 Å². The van der Waals surface area contributed by atoms with Gasteiger partial charge in [-0.15, -0.1) is 11.8 Å². The first-order chi connectivity index (χ1) is 15.3. The topological polar surface area (TPSA) is 87.7 Å². The van der Waals surface area contributed by atoms with E-state index in [4.69, 9.17) is 4.74 Å². The molecule has 4 amide bonds. The van der Waals surface area contributed by atoms with Gasteiger partial charge >= 0.3 is 6.03 Å². The van der Waals surface area contributed by atoms with Gasteiger partial charge in [-0.1, -0.05) is 29.8 Å². The molecule has 3 rings (SSSR count). The monoisotopic (exact) mass is 455 g/mol. The van der Waals surface area contributed by atoms with Gasteiger partial charge in [-0.3, -0.25) is 14.5 Å². The zero-order valence-electron chi connectivity index (χ0n) is 18.6. The number of urea groups is 1. The van der Waals surface area contributed by atoms with E-state index < -0.39 is 11.6 Å². The van der Waals surface area contributed by atoms with Crippen LogP contribution in [0.3, 0.4) is 0 Å². The maximum absolute atomic E-state index is 12.9. The molecule has 1 fully saturated rings. The number of ether oxygens (including phenoxy) is 1. The Balaban J connectivity index is 1.45. The fraction of sp³-hybridized carbons (Fsp3) is 0.375. The molecular formula is C24H29N3O4S. The summed E-state index contributed by atoms with van der Waals surface area (Å²) in [6.45, 7) is 3.91. The Morgan fingerprint density at radius 2 is 1.81 bits per heavy atom. The van der Waals surface area contributed by atoms with Crippen LogP contribution in [-0.2, 0) is 16.0 Å². The number of thioether (sulfide) groups is 1. The fourth-order valence-corrected chi connectivity index (χ4v) is 4.21. The number of carbonyl (C=O) groups is 3. The number of carbonyl (C=O) groups excluding carboxylic acids is 3. The largest absolute Gasteiger partial charge is 0.497 e. The summed E-state index contributed by atoms with van der Waals surface area (Å²) in [4.78, 5) is 39.7. The van der Waals surface area contributed by atoms with Crippen molar-refractivity contribution in [2.24, 2.45) is 0 Å². The number of imide groups is 1. The normalized spacial score (nSPS) is 17.9. The van der Waals surface area contributed by atoms with E-state index in [-0.39, 0.29) is 18.4 Å². The molecule has 2 aromatic rings. The molecule has 0 radical (unpaired) electrons. The molecule has 32 heavy (non-hydrogen) atoms. The molecule has 2 aromatic carbocycles. The Kier molecular flexibility index (Phi) is 7.80. The minimum Gasteiger partial charge on any atom is -0.497 e. The molecule has 1 aliphatic heterocycles. The van der Waals surface area contributed by atoms with E-state index in [1.807, 2.05) is 55.5 Å². The summed E-state index contributed by atoms with van der Waals surface area (Å²) in [5.41, 5.74) is 1.21. The van der Waals surface area contributed by atoms with E-state index in [9.17, 15) is 14.4 Å². The molecule has 1 unspecified atom stereocenters. The molecule has 1 heterocycles. The third-order valence-corrected chi connectivity index (χ3v) is 6.45. The SMILES string of the molecule is COc1ccc(CCC2(C)NC(=O)N(CC(=O)NCCSc3ccc(C)cc3)C2=O)cc1. The quantitative estimate of drug-likeness (QED) is 0.326. The van der Waals surface area contributed by atoms with Crippen LogP contribution >= 0.6 is 11.8 Å². The lowest BCUT2D eigenvalue weighted by atomic mass is 9.93. The van der Waals surface area contributed by atoms with E-state index >= 15 is 0 Å². The van der Waals surface area contributed by atoms with Crippen LogP contribution in [0.4, 0.5) is 4.79 Å². The second-order valence-corrected chi connectivity index (χ2v) is 9.18. The van der Waals surface area contributed by atoms with Crippen molar-refractivity contribution in [1.29, 1.82) is 0 Å². The van der Waals surface area contributed by atoms with Crippen LogP contribution in [0.5, 0.6) is 5.75 Å². The number of nitrogens with zero attached hydrogens (tertiary/aromatic N) is 1. The molecule has 8 heteroatoms. The molecule has 170 valence electrons. The highest BCUT2D eigenvalue weighted by molar-refractivity contribution is 7.99. The van der Waals surface area contributed by atoms with Crippen LogP contribution < -0.4 is 15.4 Å². The number of nitrogens with one attached hydrogen (secondary N) is 2. The predicted octanol–water partition coefficient (Wildman–Crippen LogP) is 3.16. The van der Waals surface area contributed by atoms with Crippen LogP contribution in [0.1, 0.15) is 24.5 Å². The average Bonchev–Trinajstić information content (AvgIpc) is 3.00. The number of rotatable bonds is 10. The maximum Gasteiger partial charge on any atom is 0.325 e. The Morgan fingerprint density at radius 3 is 2.47 bits per heavy atom. The van der Waals surface area contributed by atoms with Crippen LogP contribution in [0.2, 0.25) is 0 Å². The van der Waals surface area contributed by atoms with Crippen molar-refractivity contribution < 1.29 is 19.1 Å². The third kappa shape index (κ3) is 6.03. The highest BCUT2D eigenvalue weighted by Gasteiger charge is 2.47. The first kappa shape index (κ1) is 23.7. The lowest BCUT2D eigenvalue weighted by Gasteiger charge is -2.21. The smallest absolute Gasteiger partial charge is 0.325 e. The summed E-state index contributed by atoms with van der Waals surface area (Å²) in [6, 6.07) is 15.2. The van der Waals surface area contributed by atoms with Crippen molar-refractivity contribution in [2.45, 2.75) is 37.1 Å². The molecule has 0 bridgehead atoms. The number of methoxy groups -OCH3 is 1. The minimum atomic E-state index is -1.03. The standard InChI is InChI=1S/C24H29N3O4S/c1-17-4-10-20(11-5-17)32-15-14-25-21(28)16-27-22(29)24(2,26-23(27)30)13-12-18-6-8-19(31-3)9-7-18/h4-11H,12-16H2,1-3H3,(H,25,28)(H,26,30). The summed E-state index contributed by atoms with van der Waals surface area (Å²) >= 11 is 1.64. The lowest BCUT2D eigenvalue weighted by Crippen LogP contribution is -2.45. The number of benzene rings is 2. The van der Waals surface area contributed by atoms with E-state index in [0.717, 1.165) is 21.1 Å². The highest BCUT2D eigenvalue weighted by atomic mass is 32.2. The number of hydrogen-bond donors (Lipinski definition) is 2. The van der Waals surface area contributed by atoms with Crippen molar-refractivity contribution in [3.8, 4) is 5.75 Å². The molecule has 0 aliphatic carbocycles. The zero-order chi connectivity index (χ0) is 23.1. The van der Waals surface area contributed by atoms with Crippen LogP contribution in [0, 0.1) is 6.92 Å². The second-order valence-electron chi connectivity index (χ2n) is 8.01. The molecule has 1 saturated heterocycles. The van der Waals surface area contributed by atoms with Crippen molar-refractivity contribution >= 4 is 29.6 Å². The summed E-state index contributed by atoms with van der Waals surface area (Å²) in [5.74, 6) is 0.742. The van der Waals surface area contributed by atoms with Crippen LogP contribution in [0.25, 0.3) is 0 Å². The molecule has 2 N–H and O–H groups in total. The van der Waals surface area contributed by atoms with Crippen molar-refractivity contribution in [2.75, 3.05) is 26.0 Å². The third-order valence-electron chi connectivity index (χ3n) is 5.43. The summed E-state index contributed by atoms with van der Waals surface area (Å²) in [6.07, 6.45) is 1.05. The van der Waals surface area contributed by atoms with Gasteiger partial charge in [-0.25, -0.2) is 4.79 Å². The van der Waals surface area contributed by atoms with Crippen molar-refractivity contribution in [3.63, 3.8) is 0 Å². The van der Waals surface area contributed by atoms with Crippen molar-refractivity contribution in [1.82, 2.24) is 15.5 Å². The van der Waals surface area contributed by atoms with Gasteiger partial charge in [0.15, 0.2) is 0 Å². The number of amides is 4. The van der Waals surface area contributed by atoms with E-state index in [2.05, 4.69) is 10.6 Å². The Bertz CT molecular complexity index is 962. The Morgan fingerprint density at radius 1 is 1.12 bits per heavy atom. The molecule has 0 saturated carbocycles. The first-order valence-corrected chi connectivity index (χ1v) is 11.5. The van der Waals surface area contributed by atoms with Crippen LogP contribution in [-0.4, -0.2) is 54.2 Å². The van der Waals surface area contributed by atoms with Crippen LogP contribution in [0.15, 0.2) is 53.4 Å². The Hall–Kier alpha value is -3.00. The predicted molar refractivity (Wildman–Crippen MR) is 125 cm³/mol. The molecular weight excluding hydrogens is 426 g/mol. The number of aryl methyl sites for hydroxylation is 2. The van der Waals surface area contributed by atoms with Crippen molar-refractivity contribution in [3.05, 3.63) is 59.7 Å². The van der Waals surface area contributed by atoms with E-state index in [0.29, 0.717) is 25.1 Å². The highest BCUT2D eigenvalue weighted by Crippen LogP contribution is 2.24. The summed E-state index contributed by atoms with van der Waals surface area (Å²) in [5, 5.41) is 5.53. The van der Waals surface area contributed by atoms with Gasteiger partial charge in [-0.05, 0) is 56.5 Å². The van der Waals surface area contributed by atoms with Gasteiger partial charge in [0.25, 0.3) is 5.91 Å². The molecule has 1 aliphatic rings. The fourth-order valence-electron chi connectivity index (χ4n) is 3.44. The van der Waals surface area contributed by atoms with E-state index in [1.54, 1.807) is 25.8 Å².